The third-order valence-electron chi connectivity index (χ3n) is 3.62. The molecule has 0 aliphatic heterocycles. The SMILES string of the molecule is C(=C\c1ccccc1)/c1ccccc1.C=C(C(=O)OC)c1ccccc1. The topological polar surface area (TPSA) is 26.3 Å². The minimum atomic E-state index is -0.388. The first-order chi connectivity index (χ1) is 12.7. The van der Waals surface area contributed by atoms with Crippen molar-refractivity contribution in [1.82, 2.24) is 0 Å². The highest BCUT2D eigenvalue weighted by atomic mass is 16.5. The van der Waals surface area contributed by atoms with E-state index in [0.717, 1.165) is 5.56 Å². The van der Waals surface area contributed by atoms with E-state index in [2.05, 4.69) is 47.7 Å². The second kappa shape index (κ2) is 10.5. The minimum Gasteiger partial charge on any atom is -0.465 e. The second-order valence-corrected chi connectivity index (χ2v) is 5.49. The van der Waals surface area contributed by atoms with Crippen molar-refractivity contribution in [3.63, 3.8) is 0 Å². The van der Waals surface area contributed by atoms with Gasteiger partial charge in [0.2, 0.25) is 0 Å². The van der Waals surface area contributed by atoms with E-state index in [4.69, 9.17) is 0 Å². The molecule has 0 aliphatic rings. The minimum absolute atomic E-state index is 0.387. The van der Waals surface area contributed by atoms with Crippen LogP contribution in [0.3, 0.4) is 0 Å². The zero-order valence-electron chi connectivity index (χ0n) is 14.8. The maximum absolute atomic E-state index is 11.0. The summed E-state index contributed by atoms with van der Waals surface area (Å²) in [6, 6.07) is 29.8. The molecule has 0 amide bonds. The maximum atomic E-state index is 11.0. The van der Waals surface area contributed by atoms with Gasteiger partial charge < -0.3 is 4.74 Å². The van der Waals surface area contributed by atoms with E-state index in [1.165, 1.54) is 18.2 Å². The number of rotatable bonds is 4. The first-order valence-electron chi connectivity index (χ1n) is 8.31. The molecule has 0 fully saturated rings. The molecule has 0 atom stereocenters. The molecule has 0 saturated carbocycles. The summed E-state index contributed by atoms with van der Waals surface area (Å²) in [7, 11) is 1.34. The van der Waals surface area contributed by atoms with E-state index in [0.29, 0.717) is 5.57 Å². The van der Waals surface area contributed by atoms with Crippen LogP contribution in [0.1, 0.15) is 16.7 Å². The van der Waals surface area contributed by atoms with Gasteiger partial charge in [-0.1, -0.05) is 110 Å². The molecule has 0 saturated heterocycles. The van der Waals surface area contributed by atoms with E-state index >= 15 is 0 Å². The third-order valence-corrected chi connectivity index (χ3v) is 3.62. The molecule has 3 aromatic carbocycles. The summed E-state index contributed by atoms with van der Waals surface area (Å²) in [5.41, 5.74) is 3.65. The quantitative estimate of drug-likeness (QED) is 0.344. The fourth-order valence-electron chi connectivity index (χ4n) is 2.20. The number of hydrogen-bond donors (Lipinski definition) is 0. The molecule has 0 radical (unpaired) electrons. The summed E-state index contributed by atoms with van der Waals surface area (Å²) in [5, 5.41) is 0. The highest BCUT2D eigenvalue weighted by Gasteiger charge is 2.07. The molecule has 0 aliphatic carbocycles. The Morgan fingerprint density at radius 1 is 0.731 bits per heavy atom. The molecule has 0 heterocycles. The molecule has 26 heavy (non-hydrogen) atoms. The fraction of sp³-hybridized carbons (Fsp3) is 0.0417. The first kappa shape index (κ1) is 18.9. The predicted molar refractivity (Wildman–Crippen MR) is 109 cm³/mol. The maximum Gasteiger partial charge on any atom is 0.337 e. The van der Waals surface area contributed by atoms with Crippen LogP contribution in [-0.4, -0.2) is 13.1 Å². The molecule has 2 nitrogen and oxygen atoms in total. The fourth-order valence-corrected chi connectivity index (χ4v) is 2.20. The standard InChI is InChI=1S/C14H12.C10H10O2/c1-3-7-13(8-4-1)11-12-14-9-5-2-6-10-14;1-8(10(11)12-2)9-6-4-3-5-7-9/h1-12H;3-7H,1H2,2H3/b12-11+;. The lowest BCUT2D eigenvalue weighted by Crippen LogP contribution is -2.01. The zero-order valence-corrected chi connectivity index (χ0v) is 14.8. The van der Waals surface area contributed by atoms with Crippen LogP contribution >= 0.6 is 0 Å². The van der Waals surface area contributed by atoms with Crippen molar-refractivity contribution in [2.45, 2.75) is 0 Å². The normalized spacial score (nSPS) is 9.88. The lowest BCUT2D eigenvalue weighted by Gasteiger charge is -2.01. The van der Waals surface area contributed by atoms with Gasteiger partial charge in [-0.3, -0.25) is 0 Å². The molecule has 3 aromatic rings. The average molecular weight is 342 g/mol. The van der Waals surface area contributed by atoms with Crippen LogP contribution in [-0.2, 0) is 9.53 Å². The van der Waals surface area contributed by atoms with E-state index < -0.39 is 0 Å². The van der Waals surface area contributed by atoms with Crippen molar-refractivity contribution in [3.05, 3.63) is 114 Å². The molecule has 130 valence electrons. The molecule has 0 bridgehead atoms. The number of benzene rings is 3. The molecule has 0 aromatic heterocycles. The van der Waals surface area contributed by atoms with E-state index in [1.807, 2.05) is 66.7 Å². The van der Waals surface area contributed by atoms with Gasteiger partial charge in [-0.15, -0.1) is 0 Å². The number of hydrogen-bond acceptors (Lipinski definition) is 2. The molecular formula is C24H22O2. The second-order valence-electron chi connectivity index (χ2n) is 5.49. The first-order valence-corrected chi connectivity index (χ1v) is 8.31. The molecule has 0 N–H and O–H groups in total. The summed E-state index contributed by atoms with van der Waals surface area (Å²) in [6.45, 7) is 3.62. The van der Waals surface area contributed by atoms with Crippen molar-refractivity contribution in [1.29, 1.82) is 0 Å². The van der Waals surface area contributed by atoms with Crippen LogP contribution in [0.5, 0.6) is 0 Å². The van der Waals surface area contributed by atoms with Crippen LogP contribution < -0.4 is 0 Å². The Hall–Kier alpha value is -3.39. The highest BCUT2D eigenvalue weighted by molar-refractivity contribution is 6.15. The Bertz CT molecular complexity index is 794. The molecule has 0 unspecified atom stereocenters. The molecule has 3 rings (SSSR count). The number of carbonyl (C=O) groups excluding carboxylic acids is 1. The van der Waals surface area contributed by atoms with Crippen LogP contribution in [0.2, 0.25) is 0 Å². The van der Waals surface area contributed by atoms with Gasteiger partial charge in [-0.2, -0.15) is 0 Å². The van der Waals surface area contributed by atoms with Gasteiger partial charge in [0.1, 0.15) is 0 Å². The van der Waals surface area contributed by atoms with Crippen molar-refractivity contribution in [2.24, 2.45) is 0 Å². The predicted octanol–water partition coefficient (Wildman–Crippen LogP) is 5.73. The summed E-state index contributed by atoms with van der Waals surface area (Å²) >= 11 is 0. The Kier molecular flexibility index (Phi) is 7.63. The lowest BCUT2D eigenvalue weighted by molar-refractivity contribution is -0.133. The Morgan fingerprint density at radius 2 is 1.12 bits per heavy atom. The Labute approximate surface area is 155 Å². The Morgan fingerprint density at radius 3 is 1.50 bits per heavy atom. The van der Waals surface area contributed by atoms with E-state index in [1.54, 1.807) is 0 Å². The third kappa shape index (κ3) is 6.25. The summed E-state index contributed by atoms with van der Waals surface area (Å²) in [4.78, 5) is 11.0. The molecule has 2 heteroatoms. The van der Waals surface area contributed by atoms with Crippen LogP contribution in [0.25, 0.3) is 17.7 Å². The highest BCUT2D eigenvalue weighted by Crippen LogP contribution is 2.12. The molecular weight excluding hydrogens is 320 g/mol. The van der Waals surface area contributed by atoms with E-state index in [-0.39, 0.29) is 5.97 Å². The van der Waals surface area contributed by atoms with Crippen molar-refractivity contribution in [3.8, 4) is 0 Å². The van der Waals surface area contributed by atoms with Crippen LogP contribution in [0, 0.1) is 0 Å². The summed E-state index contributed by atoms with van der Waals surface area (Å²) in [5.74, 6) is -0.388. The lowest BCUT2D eigenvalue weighted by atomic mass is 10.1. The summed E-state index contributed by atoms with van der Waals surface area (Å²) < 4.78 is 4.53. The van der Waals surface area contributed by atoms with Gasteiger partial charge in [0, 0.05) is 0 Å². The number of esters is 1. The van der Waals surface area contributed by atoms with Crippen LogP contribution in [0.15, 0.2) is 97.6 Å². The van der Waals surface area contributed by atoms with Crippen molar-refractivity contribution in [2.75, 3.05) is 7.11 Å². The monoisotopic (exact) mass is 342 g/mol. The van der Waals surface area contributed by atoms with Gasteiger partial charge in [0.05, 0.1) is 12.7 Å². The number of ether oxygens (including phenoxy) is 1. The number of carbonyl (C=O) groups is 1. The van der Waals surface area contributed by atoms with E-state index in [9.17, 15) is 4.79 Å². The van der Waals surface area contributed by atoms with Crippen molar-refractivity contribution < 1.29 is 9.53 Å². The van der Waals surface area contributed by atoms with Crippen LogP contribution in [0.4, 0.5) is 0 Å². The Balaban J connectivity index is 0.000000190. The zero-order chi connectivity index (χ0) is 18.6. The van der Waals surface area contributed by atoms with Gasteiger partial charge >= 0.3 is 5.97 Å². The van der Waals surface area contributed by atoms with Gasteiger partial charge in [0.25, 0.3) is 0 Å². The summed E-state index contributed by atoms with van der Waals surface area (Å²) in [6.07, 6.45) is 4.24. The van der Waals surface area contributed by atoms with Crippen molar-refractivity contribution >= 4 is 23.7 Å². The van der Waals surface area contributed by atoms with Gasteiger partial charge in [-0.25, -0.2) is 4.79 Å². The molecule has 0 spiro atoms. The average Bonchev–Trinajstić information content (AvgIpc) is 2.74. The van der Waals surface area contributed by atoms with Gasteiger partial charge in [-0.05, 0) is 16.7 Å². The number of methoxy groups -OCH3 is 1. The van der Waals surface area contributed by atoms with Gasteiger partial charge in [0.15, 0.2) is 0 Å². The smallest absolute Gasteiger partial charge is 0.337 e. The largest absolute Gasteiger partial charge is 0.465 e.